The molecule has 0 saturated carbocycles. The highest BCUT2D eigenvalue weighted by atomic mass is 16.5. The van der Waals surface area contributed by atoms with Crippen molar-refractivity contribution in [3.63, 3.8) is 0 Å². The molecule has 0 atom stereocenters. The lowest BCUT2D eigenvalue weighted by Crippen LogP contribution is -2.28. The van der Waals surface area contributed by atoms with Crippen molar-refractivity contribution in [3.8, 4) is 16.9 Å². The Labute approximate surface area is 165 Å². The third-order valence-corrected chi connectivity index (χ3v) is 4.15. The third-order valence-electron chi connectivity index (χ3n) is 4.15. The molecule has 146 valence electrons. The van der Waals surface area contributed by atoms with Crippen molar-refractivity contribution in [3.05, 3.63) is 71.6 Å². The van der Waals surface area contributed by atoms with Gasteiger partial charge in [-0.15, -0.1) is 0 Å². The molecule has 1 aromatic heterocycles. The number of hydrogen-bond donors (Lipinski definition) is 1. The van der Waals surface area contributed by atoms with Crippen molar-refractivity contribution in [1.82, 2.24) is 15.4 Å². The van der Waals surface area contributed by atoms with Crippen molar-refractivity contribution in [2.75, 3.05) is 20.7 Å². The Bertz CT molecular complexity index is 920. The maximum atomic E-state index is 12.1. The van der Waals surface area contributed by atoms with Gasteiger partial charge in [-0.3, -0.25) is 4.79 Å². The second-order valence-corrected chi connectivity index (χ2v) is 6.93. The van der Waals surface area contributed by atoms with E-state index >= 15 is 0 Å². The lowest BCUT2D eigenvalue weighted by Gasteiger charge is -2.16. The van der Waals surface area contributed by atoms with Gasteiger partial charge in [0.2, 0.25) is 0 Å². The molecule has 0 aliphatic carbocycles. The summed E-state index contributed by atoms with van der Waals surface area (Å²) in [5.74, 6) is 1.11. The molecule has 3 aromatic rings. The molecule has 6 heteroatoms. The zero-order valence-electron chi connectivity index (χ0n) is 16.4. The van der Waals surface area contributed by atoms with Gasteiger partial charge in [-0.25, -0.2) is 0 Å². The average Bonchev–Trinajstić information content (AvgIpc) is 3.11. The highest BCUT2D eigenvalue weighted by molar-refractivity contribution is 5.77. The van der Waals surface area contributed by atoms with Gasteiger partial charge < -0.3 is 19.5 Å². The number of carbonyl (C=O) groups is 1. The van der Waals surface area contributed by atoms with Crippen molar-refractivity contribution >= 4 is 5.91 Å². The first-order chi connectivity index (χ1) is 13.5. The van der Waals surface area contributed by atoms with Crippen LogP contribution < -0.4 is 10.1 Å². The van der Waals surface area contributed by atoms with Crippen molar-refractivity contribution < 1.29 is 14.1 Å². The molecular formula is C22H25N3O3. The monoisotopic (exact) mass is 379 g/mol. The Morgan fingerprint density at radius 1 is 1.11 bits per heavy atom. The van der Waals surface area contributed by atoms with Crippen LogP contribution in [-0.4, -0.2) is 36.7 Å². The van der Waals surface area contributed by atoms with Crippen LogP contribution in [0.4, 0.5) is 0 Å². The largest absolute Gasteiger partial charge is 0.483 e. The SMILES string of the molecule is Cc1cc(CNC(=O)COc2ccc(-c3ccccc3)cc2CN(C)C)on1. The number of ether oxygens (including phenoxy) is 1. The van der Waals surface area contributed by atoms with E-state index in [1.54, 1.807) is 6.07 Å². The van der Waals surface area contributed by atoms with Gasteiger partial charge in [-0.2, -0.15) is 0 Å². The van der Waals surface area contributed by atoms with E-state index in [-0.39, 0.29) is 12.5 Å². The molecular weight excluding hydrogens is 354 g/mol. The van der Waals surface area contributed by atoms with E-state index in [1.807, 2.05) is 51.4 Å². The van der Waals surface area contributed by atoms with Gasteiger partial charge in [0.05, 0.1) is 12.2 Å². The van der Waals surface area contributed by atoms with E-state index in [9.17, 15) is 4.79 Å². The summed E-state index contributed by atoms with van der Waals surface area (Å²) in [6.07, 6.45) is 0. The lowest BCUT2D eigenvalue weighted by atomic mass is 10.0. The summed E-state index contributed by atoms with van der Waals surface area (Å²) in [6.45, 7) is 2.79. The maximum absolute atomic E-state index is 12.1. The fraction of sp³-hybridized carbons (Fsp3) is 0.273. The van der Waals surface area contributed by atoms with E-state index in [1.165, 1.54) is 0 Å². The first-order valence-electron chi connectivity index (χ1n) is 9.16. The zero-order chi connectivity index (χ0) is 19.9. The van der Waals surface area contributed by atoms with Crippen LogP contribution in [0.3, 0.4) is 0 Å². The summed E-state index contributed by atoms with van der Waals surface area (Å²) < 4.78 is 10.9. The summed E-state index contributed by atoms with van der Waals surface area (Å²) in [6, 6.07) is 18.0. The standard InChI is InChI=1S/C22H25N3O3/c1-16-11-20(28-24-16)13-23-22(26)15-27-21-10-9-18(12-19(21)14-25(2)3)17-7-5-4-6-8-17/h4-12H,13-15H2,1-3H3,(H,23,26). The number of aromatic nitrogens is 1. The first-order valence-corrected chi connectivity index (χ1v) is 9.16. The van der Waals surface area contributed by atoms with Crippen LogP contribution in [0.25, 0.3) is 11.1 Å². The number of benzene rings is 2. The fourth-order valence-corrected chi connectivity index (χ4v) is 2.87. The van der Waals surface area contributed by atoms with Crippen LogP contribution in [-0.2, 0) is 17.9 Å². The summed E-state index contributed by atoms with van der Waals surface area (Å²) in [4.78, 5) is 14.2. The molecule has 1 amide bonds. The molecule has 0 aliphatic heterocycles. The number of hydrogen-bond acceptors (Lipinski definition) is 5. The molecule has 28 heavy (non-hydrogen) atoms. The Morgan fingerprint density at radius 3 is 2.57 bits per heavy atom. The minimum absolute atomic E-state index is 0.0573. The molecule has 0 unspecified atom stereocenters. The molecule has 1 heterocycles. The molecule has 6 nitrogen and oxygen atoms in total. The van der Waals surface area contributed by atoms with Gasteiger partial charge >= 0.3 is 0 Å². The Morgan fingerprint density at radius 2 is 1.89 bits per heavy atom. The van der Waals surface area contributed by atoms with E-state index in [4.69, 9.17) is 9.26 Å². The molecule has 0 saturated heterocycles. The number of aryl methyl sites for hydroxylation is 1. The zero-order valence-corrected chi connectivity index (χ0v) is 16.4. The third kappa shape index (κ3) is 5.44. The normalized spacial score (nSPS) is 10.9. The highest BCUT2D eigenvalue weighted by Crippen LogP contribution is 2.27. The molecule has 0 fully saturated rings. The first kappa shape index (κ1) is 19.6. The van der Waals surface area contributed by atoms with Crippen molar-refractivity contribution in [1.29, 1.82) is 0 Å². The summed E-state index contributed by atoms with van der Waals surface area (Å²) >= 11 is 0. The summed E-state index contributed by atoms with van der Waals surface area (Å²) in [7, 11) is 4.01. The van der Waals surface area contributed by atoms with E-state index < -0.39 is 0 Å². The van der Waals surface area contributed by atoms with Crippen molar-refractivity contribution in [2.24, 2.45) is 0 Å². The Kier molecular flexibility index (Phi) is 6.45. The van der Waals surface area contributed by atoms with Crippen LogP contribution in [0.2, 0.25) is 0 Å². The second kappa shape index (κ2) is 9.19. The van der Waals surface area contributed by atoms with Gasteiger partial charge in [-0.05, 0) is 44.3 Å². The van der Waals surface area contributed by atoms with Crippen LogP contribution in [0.15, 0.2) is 59.1 Å². The molecule has 2 aromatic carbocycles. The van der Waals surface area contributed by atoms with Gasteiger partial charge in [0.1, 0.15) is 5.75 Å². The van der Waals surface area contributed by atoms with Gasteiger partial charge in [0.15, 0.2) is 12.4 Å². The van der Waals surface area contributed by atoms with Crippen LogP contribution in [0, 0.1) is 6.92 Å². The van der Waals surface area contributed by atoms with E-state index in [0.29, 0.717) is 18.1 Å². The van der Waals surface area contributed by atoms with Crippen LogP contribution >= 0.6 is 0 Å². The number of nitrogens with one attached hydrogen (secondary N) is 1. The number of amides is 1. The summed E-state index contributed by atoms with van der Waals surface area (Å²) in [5, 5.41) is 6.57. The number of nitrogens with zero attached hydrogens (tertiary/aromatic N) is 2. The fourth-order valence-electron chi connectivity index (χ4n) is 2.87. The quantitative estimate of drug-likeness (QED) is 0.650. The molecule has 1 N–H and O–H groups in total. The molecule has 0 bridgehead atoms. The molecule has 3 rings (SSSR count). The average molecular weight is 379 g/mol. The van der Waals surface area contributed by atoms with Crippen molar-refractivity contribution in [2.45, 2.75) is 20.0 Å². The molecule has 0 aliphatic rings. The van der Waals surface area contributed by atoms with Gasteiger partial charge in [-0.1, -0.05) is 41.6 Å². The van der Waals surface area contributed by atoms with Crippen LogP contribution in [0.5, 0.6) is 5.75 Å². The Balaban J connectivity index is 1.65. The molecule has 0 radical (unpaired) electrons. The number of rotatable bonds is 8. The van der Waals surface area contributed by atoms with Gasteiger partial charge in [0, 0.05) is 18.2 Å². The topological polar surface area (TPSA) is 67.6 Å². The lowest BCUT2D eigenvalue weighted by molar-refractivity contribution is -0.123. The Hall–Kier alpha value is -3.12. The minimum atomic E-state index is -0.211. The predicted molar refractivity (Wildman–Crippen MR) is 108 cm³/mol. The molecule has 0 spiro atoms. The highest BCUT2D eigenvalue weighted by Gasteiger charge is 2.11. The van der Waals surface area contributed by atoms with E-state index in [0.717, 1.165) is 28.9 Å². The predicted octanol–water partition coefficient (Wildman–Crippen LogP) is 3.41. The minimum Gasteiger partial charge on any atom is -0.483 e. The van der Waals surface area contributed by atoms with Crippen LogP contribution in [0.1, 0.15) is 17.0 Å². The van der Waals surface area contributed by atoms with E-state index in [2.05, 4.69) is 33.6 Å². The second-order valence-electron chi connectivity index (χ2n) is 6.93. The van der Waals surface area contributed by atoms with Gasteiger partial charge in [0.25, 0.3) is 5.91 Å². The number of carbonyl (C=O) groups excluding carboxylic acids is 1. The maximum Gasteiger partial charge on any atom is 0.258 e. The summed E-state index contributed by atoms with van der Waals surface area (Å²) in [5.41, 5.74) is 4.08. The smallest absolute Gasteiger partial charge is 0.258 e.